The van der Waals surface area contributed by atoms with Crippen molar-refractivity contribution in [3.8, 4) is 0 Å². The fourth-order valence-electron chi connectivity index (χ4n) is 3.90. The van der Waals surface area contributed by atoms with Crippen LogP contribution in [0, 0.1) is 0 Å². The highest BCUT2D eigenvalue weighted by Gasteiger charge is 2.44. The molecule has 0 N–H and O–H groups in total. The minimum absolute atomic E-state index is 1.01. The van der Waals surface area contributed by atoms with E-state index in [-0.39, 0.29) is 0 Å². The van der Waals surface area contributed by atoms with Crippen molar-refractivity contribution in [2.75, 3.05) is 6.16 Å². The number of hydrogen-bond donors (Lipinski definition) is 0. The van der Waals surface area contributed by atoms with Crippen LogP contribution >= 0.6 is 7.26 Å². The summed E-state index contributed by atoms with van der Waals surface area (Å²) in [5.74, 6) is 0. The highest BCUT2D eigenvalue weighted by atomic mass is 31.2. The fraction of sp³-hybridized carbons (Fsp3) is 0.0714. The zero-order valence-corrected chi connectivity index (χ0v) is 17.7. The topological polar surface area (TPSA) is 0 Å². The minimum atomic E-state index is -1.80. The molecule has 142 valence electrons. The van der Waals surface area contributed by atoms with Crippen molar-refractivity contribution in [3.05, 3.63) is 133 Å². The summed E-state index contributed by atoms with van der Waals surface area (Å²) in [6, 6.07) is 43.9. The van der Waals surface area contributed by atoms with E-state index < -0.39 is 7.26 Å². The van der Waals surface area contributed by atoms with Gasteiger partial charge in [0.1, 0.15) is 23.2 Å². The molecule has 0 fully saturated rings. The minimum Gasteiger partial charge on any atom is -0.0622 e. The summed E-state index contributed by atoms with van der Waals surface area (Å²) < 4.78 is 0. The van der Waals surface area contributed by atoms with Crippen LogP contribution in [0.3, 0.4) is 0 Å². The van der Waals surface area contributed by atoms with Gasteiger partial charge < -0.3 is 0 Å². The highest BCUT2D eigenvalue weighted by Crippen LogP contribution is 2.55. The first-order valence-corrected chi connectivity index (χ1v) is 12.1. The average Bonchev–Trinajstić information content (AvgIpc) is 2.82. The average molecular weight is 393 g/mol. The number of hydrogen-bond acceptors (Lipinski definition) is 0. The van der Waals surface area contributed by atoms with Crippen LogP contribution in [0.1, 0.15) is 12.5 Å². The van der Waals surface area contributed by atoms with E-state index in [0.29, 0.717) is 0 Å². The molecule has 0 aliphatic carbocycles. The molecule has 0 bridgehead atoms. The van der Waals surface area contributed by atoms with Crippen LogP contribution in [0.2, 0.25) is 0 Å². The van der Waals surface area contributed by atoms with E-state index in [4.69, 9.17) is 0 Å². The van der Waals surface area contributed by atoms with Gasteiger partial charge in [0.2, 0.25) is 0 Å². The van der Waals surface area contributed by atoms with E-state index in [1.54, 1.807) is 0 Å². The molecular formula is C28H26P+. The van der Waals surface area contributed by atoms with E-state index in [0.717, 1.165) is 6.16 Å². The van der Waals surface area contributed by atoms with Gasteiger partial charge in [-0.05, 0) is 60.5 Å². The third kappa shape index (κ3) is 4.09. The largest absolute Gasteiger partial charge is 0.115 e. The molecular weight excluding hydrogens is 367 g/mol. The summed E-state index contributed by atoms with van der Waals surface area (Å²) in [7, 11) is -1.80. The van der Waals surface area contributed by atoms with Gasteiger partial charge >= 0.3 is 0 Å². The Morgan fingerprint density at radius 2 is 0.897 bits per heavy atom. The Balaban J connectivity index is 1.91. The third-order valence-electron chi connectivity index (χ3n) is 5.49. The quantitative estimate of drug-likeness (QED) is 0.348. The van der Waals surface area contributed by atoms with Gasteiger partial charge in [0, 0.05) is 0 Å². The first kappa shape index (κ1) is 19.4. The summed E-state index contributed by atoms with van der Waals surface area (Å²) in [5.41, 5.74) is 2.62. The van der Waals surface area contributed by atoms with Gasteiger partial charge in [0.05, 0.1) is 6.16 Å². The second-order valence-corrected chi connectivity index (χ2v) is 10.8. The van der Waals surface area contributed by atoms with Crippen molar-refractivity contribution in [2.24, 2.45) is 0 Å². The standard InChI is InChI=1S/C28H26P/c1-24(25-14-6-2-7-15-25)22-23-29(26-16-8-3-9-17-26,27-18-10-4-11-19-27)28-20-12-5-13-21-28/h2-22H,23H2,1H3/q+1/b24-22-. The van der Waals surface area contributed by atoms with E-state index in [1.165, 1.54) is 27.1 Å². The smallest absolute Gasteiger partial charge is 0.0622 e. The van der Waals surface area contributed by atoms with Crippen molar-refractivity contribution in [3.63, 3.8) is 0 Å². The molecule has 0 aliphatic heterocycles. The van der Waals surface area contributed by atoms with Gasteiger partial charge in [0.25, 0.3) is 0 Å². The van der Waals surface area contributed by atoms with Crippen LogP contribution in [-0.4, -0.2) is 6.16 Å². The van der Waals surface area contributed by atoms with Crippen molar-refractivity contribution in [2.45, 2.75) is 6.92 Å². The van der Waals surface area contributed by atoms with Gasteiger partial charge in [-0.15, -0.1) is 0 Å². The van der Waals surface area contributed by atoms with Crippen LogP contribution < -0.4 is 15.9 Å². The Hall–Kier alpha value is -2.95. The van der Waals surface area contributed by atoms with E-state index in [2.05, 4.69) is 134 Å². The molecule has 4 rings (SSSR count). The van der Waals surface area contributed by atoms with Crippen molar-refractivity contribution in [1.82, 2.24) is 0 Å². The molecule has 0 atom stereocenters. The van der Waals surface area contributed by atoms with Crippen LogP contribution in [0.4, 0.5) is 0 Å². The summed E-state index contributed by atoms with van der Waals surface area (Å²) in [6.45, 7) is 2.23. The molecule has 0 nitrogen and oxygen atoms in total. The van der Waals surface area contributed by atoms with Crippen molar-refractivity contribution < 1.29 is 0 Å². The lowest BCUT2D eigenvalue weighted by atomic mass is 10.1. The normalized spacial score (nSPS) is 12.0. The molecule has 4 aromatic rings. The fourth-order valence-corrected chi connectivity index (χ4v) is 8.02. The Morgan fingerprint density at radius 3 is 1.28 bits per heavy atom. The Kier molecular flexibility index (Phi) is 6.03. The summed E-state index contributed by atoms with van der Waals surface area (Å²) >= 11 is 0. The van der Waals surface area contributed by atoms with Crippen LogP contribution in [0.15, 0.2) is 127 Å². The number of allylic oxidation sites excluding steroid dienone is 2. The molecule has 0 saturated carbocycles. The number of benzene rings is 4. The maximum absolute atomic E-state index is 2.44. The van der Waals surface area contributed by atoms with Crippen LogP contribution in [0.25, 0.3) is 5.57 Å². The zero-order valence-electron chi connectivity index (χ0n) is 16.8. The molecule has 0 spiro atoms. The van der Waals surface area contributed by atoms with Gasteiger partial charge in [-0.2, -0.15) is 0 Å². The van der Waals surface area contributed by atoms with E-state index in [9.17, 15) is 0 Å². The second-order valence-electron chi connectivity index (χ2n) is 7.25. The Morgan fingerprint density at radius 1 is 0.552 bits per heavy atom. The molecule has 29 heavy (non-hydrogen) atoms. The van der Waals surface area contributed by atoms with Crippen LogP contribution in [-0.2, 0) is 0 Å². The predicted molar refractivity (Wildman–Crippen MR) is 130 cm³/mol. The van der Waals surface area contributed by atoms with Gasteiger partial charge in [-0.25, -0.2) is 0 Å². The molecule has 0 heterocycles. The van der Waals surface area contributed by atoms with Gasteiger partial charge in [-0.1, -0.05) is 84.9 Å². The number of rotatable bonds is 6. The predicted octanol–water partition coefficient (Wildman–Crippen LogP) is 6.08. The zero-order chi connectivity index (χ0) is 19.9. The molecule has 0 radical (unpaired) electrons. The van der Waals surface area contributed by atoms with Gasteiger partial charge in [-0.3, -0.25) is 0 Å². The summed E-state index contributed by atoms with van der Waals surface area (Å²) in [5, 5.41) is 4.28. The van der Waals surface area contributed by atoms with E-state index in [1.807, 2.05) is 0 Å². The lowest BCUT2D eigenvalue weighted by Gasteiger charge is -2.27. The lowest BCUT2D eigenvalue weighted by molar-refractivity contribution is 1.54. The Labute approximate surface area is 174 Å². The summed E-state index contributed by atoms with van der Waals surface area (Å²) in [4.78, 5) is 0. The highest BCUT2D eigenvalue weighted by molar-refractivity contribution is 7.95. The maximum atomic E-state index is 2.44. The Bertz CT molecular complexity index is 956. The summed E-state index contributed by atoms with van der Waals surface area (Å²) in [6.07, 6.45) is 3.45. The monoisotopic (exact) mass is 393 g/mol. The molecule has 0 saturated heterocycles. The maximum Gasteiger partial charge on any atom is 0.115 e. The van der Waals surface area contributed by atoms with Crippen molar-refractivity contribution in [1.29, 1.82) is 0 Å². The van der Waals surface area contributed by atoms with Crippen LogP contribution in [0.5, 0.6) is 0 Å². The first-order valence-electron chi connectivity index (χ1n) is 10.1. The molecule has 4 aromatic carbocycles. The molecule has 1 heteroatoms. The van der Waals surface area contributed by atoms with Gasteiger partial charge in [0.15, 0.2) is 0 Å². The molecule has 0 aliphatic rings. The SMILES string of the molecule is C/C(=C/C[P+](c1ccccc1)(c1ccccc1)c1ccccc1)c1ccccc1. The lowest BCUT2D eigenvalue weighted by Crippen LogP contribution is -2.32. The second kappa shape index (κ2) is 9.03. The molecule has 0 aromatic heterocycles. The molecule has 0 amide bonds. The van der Waals surface area contributed by atoms with E-state index >= 15 is 0 Å². The van der Waals surface area contributed by atoms with Crippen molar-refractivity contribution >= 4 is 28.7 Å². The molecule has 0 unspecified atom stereocenters. The first-order chi connectivity index (χ1) is 14.3. The third-order valence-corrected chi connectivity index (χ3v) is 9.76.